The third kappa shape index (κ3) is 4.91. The van der Waals surface area contributed by atoms with E-state index in [1.54, 1.807) is 0 Å². The van der Waals surface area contributed by atoms with Crippen molar-refractivity contribution in [1.82, 2.24) is 15.1 Å². The predicted molar refractivity (Wildman–Crippen MR) is 96.6 cm³/mol. The average molecular weight is 389 g/mol. The highest BCUT2D eigenvalue weighted by molar-refractivity contribution is 5.92. The van der Waals surface area contributed by atoms with Gasteiger partial charge >= 0.3 is 6.18 Å². The van der Waals surface area contributed by atoms with E-state index in [0.29, 0.717) is 0 Å². The van der Waals surface area contributed by atoms with Crippen LogP contribution in [0.2, 0.25) is 0 Å². The van der Waals surface area contributed by atoms with Crippen LogP contribution in [-0.4, -0.2) is 15.7 Å². The summed E-state index contributed by atoms with van der Waals surface area (Å²) in [4.78, 5) is 12.3. The van der Waals surface area contributed by atoms with Gasteiger partial charge in [-0.2, -0.15) is 18.3 Å². The minimum Gasteiger partial charge on any atom is -0.471 e. The van der Waals surface area contributed by atoms with E-state index in [0.717, 1.165) is 17.7 Å². The van der Waals surface area contributed by atoms with Gasteiger partial charge in [0.05, 0.1) is 11.6 Å². The normalized spacial score (nSPS) is 12.4. The molecule has 2 aromatic carbocycles. The Morgan fingerprint density at radius 1 is 1.14 bits per heavy atom. The van der Waals surface area contributed by atoms with Gasteiger partial charge in [-0.25, -0.2) is 4.68 Å². The van der Waals surface area contributed by atoms with E-state index in [2.05, 4.69) is 10.4 Å². The second-order valence-corrected chi connectivity index (χ2v) is 6.15. The Morgan fingerprint density at radius 2 is 1.89 bits per heavy atom. The van der Waals surface area contributed by atoms with Gasteiger partial charge in [0.25, 0.3) is 5.91 Å². The molecule has 0 saturated heterocycles. The molecule has 0 saturated carbocycles. The molecule has 0 aliphatic carbocycles. The number of hydrogen-bond donors (Lipinski definition) is 1. The number of hydrogen-bond acceptors (Lipinski definition) is 3. The maximum atomic E-state index is 12.7. The molecule has 3 aromatic rings. The number of carbonyl (C=O) groups excluding carboxylic acids is 1. The fourth-order valence-electron chi connectivity index (χ4n) is 2.55. The van der Waals surface area contributed by atoms with Crippen molar-refractivity contribution < 1.29 is 22.7 Å². The molecule has 28 heavy (non-hydrogen) atoms. The Bertz CT molecular complexity index is 939. The van der Waals surface area contributed by atoms with Crippen LogP contribution in [0.15, 0.2) is 66.9 Å². The van der Waals surface area contributed by atoms with Crippen LogP contribution in [0, 0.1) is 0 Å². The van der Waals surface area contributed by atoms with Gasteiger partial charge in [-0.05, 0) is 36.8 Å². The van der Waals surface area contributed by atoms with Crippen molar-refractivity contribution in [2.45, 2.75) is 25.9 Å². The van der Waals surface area contributed by atoms with Crippen LogP contribution in [0.4, 0.5) is 13.2 Å². The lowest BCUT2D eigenvalue weighted by Crippen LogP contribution is -2.27. The molecule has 8 heteroatoms. The summed E-state index contributed by atoms with van der Waals surface area (Å²) in [7, 11) is 0. The number of ether oxygens (including phenoxy) is 1. The molecule has 1 heterocycles. The first-order valence-corrected chi connectivity index (χ1v) is 8.52. The monoisotopic (exact) mass is 389 g/mol. The summed E-state index contributed by atoms with van der Waals surface area (Å²) < 4.78 is 44.9. The van der Waals surface area contributed by atoms with E-state index < -0.39 is 11.7 Å². The molecule has 0 spiro atoms. The number of aromatic nitrogens is 2. The molecule has 0 aliphatic heterocycles. The van der Waals surface area contributed by atoms with E-state index in [9.17, 15) is 18.0 Å². The number of amides is 1. The van der Waals surface area contributed by atoms with Crippen LogP contribution in [0.3, 0.4) is 0 Å². The maximum Gasteiger partial charge on any atom is 0.416 e. The third-order valence-electron chi connectivity index (χ3n) is 4.05. The van der Waals surface area contributed by atoms with Crippen molar-refractivity contribution in [3.05, 3.63) is 83.7 Å². The van der Waals surface area contributed by atoms with Gasteiger partial charge in [-0.1, -0.05) is 36.4 Å². The molecule has 146 valence electrons. The quantitative estimate of drug-likeness (QED) is 0.679. The first-order valence-electron chi connectivity index (χ1n) is 8.52. The summed E-state index contributed by atoms with van der Waals surface area (Å²) in [6.07, 6.45) is -2.92. The van der Waals surface area contributed by atoms with E-state index in [-0.39, 0.29) is 30.1 Å². The summed E-state index contributed by atoms with van der Waals surface area (Å²) in [6, 6.07) is 15.4. The largest absolute Gasteiger partial charge is 0.471 e. The maximum absolute atomic E-state index is 12.7. The number of nitrogens with zero attached hydrogens (tertiary/aromatic N) is 2. The van der Waals surface area contributed by atoms with E-state index in [4.69, 9.17) is 4.74 Å². The van der Waals surface area contributed by atoms with Gasteiger partial charge in [-0.3, -0.25) is 4.79 Å². The average Bonchev–Trinajstić information content (AvgIpc) is 3.16. The van der Waals surface area contributed by atoms with Gasteiger partial charge in [-0.15, -0.1) is 0 Å². The Morgan fingerprint density at radius 3 is 2.61 bits per heavy atom. The summed E-state index contributed by atoms with van der Waals surface area (Å²) in [5, 5.41) is 6.94. The van der Waals surface area contributed by atoms with E-state index in [1.807, 2.05) is 37.3 Å². The number of benzene rings is 2. The van der Waals surface area contributed by atoms with Gasteiger partial charge in [0.2, 0.25) is 0 Å². The third-order valence-corrected chi connectivity index (χ3v) is 4.05. The van der Waals surface area contributed by atoms with Gasteiger partial charge < -0.3 is 10.1 Å². The van der Waals surface area contributed by atoms with E-state index in [1.165, 1.54) is 29.1 Å². The number of halogens is 3. The molecule has 1 atom stereocenters. The number of carbonyl (C=O) groups is 1. The van der Waals surface area contributed by atoms with Crippen LogP contribution in [0.5, 0.6) is 5.75 Å². The molecule has 0 fully saturated rings. The number of nitrogens with one attached hydrogen (secondary N) is 1. The molecule has 0 bridgehead atoms. The molecule has 3 rings (SSSR count). The standard InChI is InChI=1S/C20H18F3N3O2/c1-14(15-6-3-2-4-7-15)24-19(27)18-10-11-26(25-18)13-28-17-9-5-8-16(12-17)20(21,22)23/h2-12,14H,13H2,1H3,(H,24,27). The Hall–Kier alpha value is -3.29. The lowest BCUT2D eigenvalue weighted by molar-refractivity contribution is -0.137. The van der Waals surface area contributed by atoms with Crippen molar-refractivity contribution in [3.63, 3.8) is 0 Å². The fourth-order valence-corrected chi connectivity index (χ4v) is 2.55. The molecule has 1 amide bonds. The van der Waals surface area contributed by atoms with Crippen LogP contribution < -0.4 is 10.1 Å². The molecular weight excluding hydrogens is 371 g/mol. The highest BCUT2D eigenvalue weighted by Crippen LogP contribution is 2.31. The van der Waals surface area contributed by atoms with Crippen LogP contribution in [0.25, 0.3) is 0 Å². The zero-order valence-corrected chi connectivity index (χ0v) is 15.0. The molecule has 0 aliphatic rings. The van der Waals surface area contributed by atoms with Gasteiger partial charge in [0.1, 0.15) is 11.4 Å². The summed E-state index contributed by atoms with van der Waals surface area (Å²) >= 11 is 0. The molecule has 1 unspecified atom stereocenters. The van der Waals surface area contributed by atoms with Crippen molar-refractivity contribution in [1.29, 1.82) is 0 Å². The number of rotatable bonds is 6. The second-order valence-electron chi connectivity index (χ2n) is 6.15. The zero-order chi connectivity index (χ0) is 20.1. The first kappa shape index (κ1) is 19.5. The van der Waals surface area contributed by atoms with Crippen molar-refractivity contribution in [2.75, 3.05) is 0 Å². The first-order chi connectivity index (χ1) is 13.3. The Labute approximate surface area is 159 Å². The fraction of sp³-hybridized carbons (Fsp3) is 0.200. The van der Waals surface area contributed by atoms with Crippen molar-refractivity contribution in [2.24, 2.45) is 0 Å². The minimum atomic E-state index is -4.44. The molecule has 1 N–H and O–H groups in total. The second kappa shape index (κ2) is 8.16. The Balaban J connectivity index is 1.59. The molecule has 5 nitrogen and oxygen atoms in total. The highest BCUT2D eigenvalue weighted by atomic mass is 19.4. The predicted octanol–water partition coefficient (Wildman–Crippen LogP) is 4.43. The summed E-state index contributed by atoms with van der Waals surface area (Å²) in [6.45, 7) is 1.74. The topological polar surface area (TPSA) is 56.2 Å². The molecular formula is C20H18F3N3O2. The highest BCUT2D eigenvalue weighted by Gasteiger charge is 2.30. The molecule has 0 radical (unpaired) electrons. The van der Waals surface area contributed by atoms with Crippen molar-refractivity contribution in [3.8, 4) is 5.75 Å². The van der Waals surface area contributed by atoms with Crippen LogP contribution in [-0.2, 0) is 12.9 Å². The van der Waals surface area contributed by atoms with Crippen LogP contribution >= 0.6 is 0 Å². The van der Waals surface area contributed by atoms with Gasteiger partial charge in [0, 0.05) is 6.20 Å². The van der Waals surface area contributed by atoms with Crippen molar-refractivity contribution >= 4 is 5.91 Å². The Kier molecular flexibility index (Phi) is 5.67. The summed E-state index contributed by atoms with van der Waals surface area (Å²) in [5.74, 6) is -0.289. The number of alkyl halides is 3. The van der Waals surface area contributed by atoms with Gasteiger partial charge in [0.15, 0.2) is 6.73 Å². The lowest BCUT2D eigenvalue weighted by atomic mass is 10.1. The zero-order valence-electron chi connectivity index (χ0n) is 15.0. The minimum absolute atomic E-state index is 0.0639. The SMILES string of the molecule is CC(NC(=O)c1ccn(COc2cccc(C(F)(F)F)c2)n1)c1ccccc1. The van der Waals surface area contributed by atoms with E-state index >= 15 is 0 Å². The smallest absolute Gasteiger partial charge is 0.416 e. The summed E-state index contributed by atoms with van der Waals surface area (Å²) in [5.41, 5.74) is 0.360. The van der Waals surface area contributed by atoms with Crippen LogP contribution in [0.1, 0.15) is 34.6 Å². The lowest BCUT2D eigenvalue weighted by Gasteiger charge is -2.13. The molecule has 1 aromatic heterocycles.